The van der Waals surface area contributed by atoms with Crippen LogP contribution in [0.3, 0.4) is 0 Å². The monoisotopic (exact) mass is 354 g/mol. The lowest BCUT2D eigenvalue weighted by atomic mass is 10.2. The van der Waals surface area contributed by atoms with Crippen molar-refractivity contribution in [3.05, 3.63) is 30.1 Å². The van der Waals surface area contributed by atoms with Crippen LogP contribution in [0.15, 0.2) is 18.7 Å². The molecule has 3 N–H and O–H groups in total. The van der Waals surface area contributed by atoms with E-state index in [0.29, 0.717) is 5.69 Å². The molecule has 1 saturated heterocycles. The fourth-order valence-corrected chi connectivity index (χ4v) is 2.48. The van der Waals surface area contributed by atoms with E-state index in [-0.39, 0.29) is 29.8 Å². The number of nitrogens with zero attached hydrogens (tertiary/aromatic N) is 2. The number of nitrogens with one attached hydrogen (secondary N) is 2. The maximum Gasteiger partial charge on any atom is 0.277 e. The average molecular weight is 354 g/mol. The van der Waals surface area contributed by atoms with Gasteiger partial charge in [0.2, 0.25) is 5.91 Å². The topological polar surface area (TPSA) is 105 Å². The molecule has 0 aromatic carbocycles. The second-order valence-corrected chi connectivity index (χ2v) is 6.23. The number of hydrogen-bond donors (Lipinski definition) is 3. The van der Waals surface area contributed by atoms with Gasteiger partial charge in [0.15, 0.2) is 0 Å². The summed E-state index contributed by atoms with van der Waals surface area (Å²) in [5, 5.41) is 14.0. The van der Waals surface area contributed by atoms with Gasteiger partial charge in [0.1, 0.15) is 30.0 Å². The van der Waals surface area contributed by atoms with Gasteiger partial charge in [-0.3, -0.25) is 9.59 Å². The van der Waals surface area contributed by atoms with Crippen molar-refractivity contribution in [2.45, 2.75) is 45.7 Å². The molecule has 1 aromatic rings. The number of carbonyl (C=O) groups is 2. The first-order chi connectivity index (χ1) is 11.7. The summed E-state index contributed by atoms with van der Waals surface area (Å²) < 4.78 is 20.7. The minimum absolute atomic E-state index is 0.0546. The van der Waals surface area contributed by atoms with Crippen molar-refractivity contribution in [2.24, 2.45) is 5.92 Å². The maximum atomic E-state index is 13.7. The second kappa shape index (κ2) is 7.75. The Labute approximate surface area is 145 Å². The number of aliphatic hydroxyl groups is 1. The molecule has 25 heavy (non-hydrogen) atoms. The number of carbonyl (C=O) groups excluding carboxylic acids is 2. The molecule has 138 valence electrons. The fourth-order valence-electron chi connectivity index (χ4n) is 2.48. The zero-order valence-electron chi connectivity index (χ0n) is 14.5. The molecule has 0 bridgehead atoms. The maximum absolute atomic E-state index is 13.7. The quantitative estimate of drug-likeness (QED) is 0.700. The van der Waals surface area contributed by atoms with E-state index in [0.717, 1.165) is 0 Å². The molecule has 1 aliphatic heterocycles. The Kier molecular flexibility index (Phi) is 5.91. The van der Waals surface area contributed by atoms with Crippen molar-refractivity contribution in [1.29, 1.82) is 0 Å². The smallest absolute Gasteiger partial charge is 0.277 e. The summed E-state index contributed by atoms with van der Waals surface area (Å²) in [5.41, 5.74) is 0.600. The van der Waals surface area contributed by atoms with Crippen LogP contribution in [-0.2, 0) is 9.53 Å². The molecule has 0 radical (unpaired) electrons. The molecule has 1 fully saturated rings. The summed E-state index contributed by atoms with van der Waals surface area (Å²) >= 11 is 0. The first-order valence-corrected chi connectivity index (χ1v) is 7.99. The van der Waals surface area contributed by atoms with Crippen molar-refractivity contribution in [3.63, 3.8) is 0 Å². The summed E-state index contributed by atoms with van der Waals surface area (Å²) in [4.78, 5) is 27.9. The first kappa shape index (κ1) is 19.1. The third kappa shape index (κ3) is 4.23. The largest absolute Gasteiger partial charge is 0.394 e. The van der Waals surface area contributed by atoms with Crippen LogP contribution in [0, 0.1) is 12.8 Å². The van der Waals surface area contributed by atoms with Gasteiger partial charge in [0.05, 0.1) is 12.9 Å². The van der Waals surface area contributed by atoms with Gasteiger partial charge in [-0.25, -0.2) is 9.37 Å². The fraction of sp³-hybridized carbons (Fsp3) is 0.562. The Morgan fingerprint density at radius 3 is 2.76 bits per heavy atom. The van der Waals surface area contributed by atoms with Crippen LogP contribution in [0.1, 0.15) is 42.7 Å². The number of rotatable bonds is 6. The summed E-state index contributed by atoms with van der Waals surface area (Å²) in [6.45, 7) is 8.27. The highest BCUT2D eigenvalue weighted by molar-refractivity contribution is 5.95. The molecular formula is C16H23FN4O4. The highest BCUT2D eigenvalue weighted by atomic mass is 19.1. The van der Waals surface area contributed by atoms with Crippen molar-refractivity contribution < 1.29 is 23.8 Å². The van der Waals surface area contributed by atoms with E-state index in [9.17, 15) is 14.0 Å². The van der Waals surface area contributed by atoms with Crippen LogP contribution < -0.4 is 10.6 Å². The second-order valence-electron chi connectivity index (χ2n) is 6.23. The molecule has 2 amide bonds. The molecule has 2 rings (SSSR count). The van der Waals surface area contributed by atoms with E-state index in [1.54, 1.807) is 25.3 Å². The molecular weight excluding hydrogens is 331 g/mol. The Morgan fingerprint density at radius 1 is 1.52 bits per heavy atom. The predicted molar refractivity (Wildman–Crippen MR) is 87.1 cm³/mol. The van der Waals surface area contributed by atoms with Crippen LogP contribution in [0.2, 0.25) is 0 Å². The van der Waals surface area contributed by atoms with Gasteiger partial charge in [0, 0.05) is 18.0 Å². The Bertz CT molecular complexity index is 673. The number of amides is 2. The standard InChI is InChI=1S/C16H23FN4O4/c1-8(2)15(23)19-10(4)20-16(24)14-9(3)21(7-18-14)13-5-11(17)12(6-22)25-13/h7-8,11-13,22H,4-6H2,1-3H3,(H,19,23)(H,20,24). The number of halogens is 1. The Morgan fingerprint density at radius 2 is 2.20 bits per heavy atom. The SMILES string of the molecule is C=C(NC(=O)c1ncn(C2CC(F)C(CO)O2)c1C)NC(=O)C(C)C. The van der Waals surface area contributed by atoms with Gasteiger partial charge in [-0.15, -0.1) is 0 Å². The normalized spacial score (nSPS) is 22.9. The lowest BCUT2D eigenvalue weighted by Gasteiger charge is -2.15. The number of aromatic nitrogens is 2. The van der Waals surface area contributed by atoms with Gasteiger partial charge in [0.25, 0.3) is 5.91 Å². The van der Waals surface area contributed by atoms with Crippen molar-refractivity contribution in [2.75, 3.05) is 6.61 Å². The van der Waals surface area contributed by atoms with E-state index in [1.165, 1.54) is 6.33 Å². The van der Waals surface area contributed by atoms with E-state index in [4.69, 9.17) is 9.84 Å². The van der Waals surface area contributed by atoms with Crippen molar-refractivity contribution >= 4 is 11.8 Å². The zero-order valence-corrected chi connectivity index (χ0v) is 14.5. The summed E-state index contributed by atoms with van der Waals surface area (Å²) in [7, 11) is 0. The van der Waals surface area contributed by atoms with Crippen LogP contribution in [0.5, 0.6) is 0 Å². The molecule has 0 spiro atoms. The first-order valence-electron chi connectivity index (χ1n) is 7.99. The summed E-state index contributed by atoms with van der Waals surface area (Å²) in [6, 6.07) is 0. The lowest BCUT2D eigenvalue weighted by molar-refractivity contribution is -0.123. The molecule has 1 aromatic heterocycles. The lowest BCUT2D eigenvalue weighted by Crippen LogP contribution is -2.36. The molecule has 8 nitrogen and oxygen atoms in total. The molecule has 2 heterocycles. The zero-order chi connectivity index (χ0) is 18.7. The van der Waals surface area contributed by atoms with Gasteiger partial charge in [-0.2, -0.15) is 0 Å². The molecule has 0 aliphatic carbocycles. The van der Waals surface area contributed by atoms with Gasteiger partial charge in [-0.05, 0) is 6.92 Å². The Hall–Kier alpha value is -2.26. The summed E-state index contributed by atoms with van der Waals surface area (Å²) in [6.07, 6.45) is -1.34. The minimum Gasteiger partial charge on any atom is -0.394 e. The van der Waals surface area contributed by atoms with Crippen LogP contribution in [0.4, 0.5) is 4.39 Å². The van der Waals surface area contributed by atoms with Crippen LogP contribution in [0.25, 0.3) is 0 Å². The molecule has 3 unspecified atom stereocenters. The van der Waals surface area contributed by atoms with Crippen LogP contribution in [-0.4, -0.2) is 45.4 Å². The number of imidazole rings is 1. The number of ether oxygens (including phenoxy) is 1. The number of alkyl halides is 1. The highest BCUT2D eigenvalue weighted by Crippen LogP contribution is 2.31. The van der Waals surface area contributed by atoms with Crippen molar-refractivity contribution in [1.82, 2.24) is 20.2 Å². The predicted octanol–water partition coefficient (Wildman–Crippen LogP) is 0.783. The molecule has 0 saturated carbocycles. The van der Waals surface area contributed by atoms with Gasteiger partial charge in [-0.1, -0.05) is 20.4 Å². The molecule has 1 aliphatic rings. The molecule has 9 heteroatoms. The van der Waals surface area contributed by atoms with Crippen molar-refractivity contribution in [3.8, 4) is 0 Å². The number of hydrogen-bond acceptors (Lipinski definition) is 5. The highest BCUT2D eigenvalue weighted by Gasteiger charge is 2.37. The van der Waals surface area contributed by atoms with E-state index < -0.39 is 31.0 Å². The van der Waals surface area contributed by atoms with E-state index in [2.05, 4.69) is 22.2 Å². The number of aliphatic hydroxyl groups excluding tert-OH is 1. The van der Waals surface area contributed by atoms with Crippen LogP contribution >= 0.6 is 0 Å². The average Bonchev–Trinajstić information content (AvgIpc) is 3.09. The van der Waals surface area contributed by atoms with Gasteiger partial charge >= 0.3 is 0 Å². The van der Waals surface area contributed by atoms with E-state index in [1.807, 2.05) is 0 Å². The Balaban J connectivity index is 2.04. The third-order valence-corrected chi connectivity index (χ3v) is 3.97. The molecule has 3 atom stereocenters. The summed E-state index contributed by atoms with van der Waals surface area (Å²) in [5.74, 6) is -1.00. The third-order valence-electron chi connectivity index (χ3n) is 3.97. The van der Waals surface area contributed by atoms with E-state index >= 15 is 0 Å². The van der Waals surface area contributed by atoms with Gasteiger partial charge < -0.3 is 25.0 Å². The minimum atomic E-state index is -1.28.